The van der Waals surface area contributed by atoms with E-state index < -0.39 is 0 Å². The quantitative estimate of drug-likeness (QED) is 0.408. The fraction of sp³-hybridized carbons (Fsp3) is 0. The molecule has 0 aromatic heterocycles. The Morgan fingerprint density at radius 2 is 1.50 bits per heavy atom. The maximum absolute atomic E-state index is 4.36. The van der Waals surface area contributed by atoms with Gasteiger partial charge in [-0.25, -0.2) is 0 Å². The van der Waals surface area contributed by atoms with Gasteiger partial charge in [0.1, 0.15) is 0 Å². The van der Waals surface area contributed by atoms with E-state index in [0.29, 0.717) is 0 Å². The molecule has 0 spiro atoms. The first-order valence-corrected chi connectivity index (χ1v) is 1.29. The van der Waals surface area contributed by atoms with Crippen molar-refractivity contribution < 1.29 is 21.8 Å². The molecule has 0 saturated carbocycles. The molecule has 0 aromatic carbocycles. The summed E-state index contributed by atoms with van der Waals surface area (Å²) in [6.45, 7) is 6.51. The maximum atomic E-state index is 4.36. The van der Waals surface area contributed by atoms with Crippen LogP contribution in [0.3, 0.4) is 0 Å². The third-order valence-corrected chi connectivity index (χ3v) is 0.192. The van der Waals surface area contributed by atoms with Crippen molar-refractivity contribution in [2.24, 2.45) is 0 Å². The van der Waals surface area contributed by atoms with Gasteiger partial charge < -0.3 is 4.74 Å². The molecule has 0 saturated heterocycles. The number of rotatable bonds is 2. The third kappa shape index (κ3) is 9.20. The van der Waals surface area contributed by atoms with Crippen molar-refractivity contribution in [3.8, 4) is 0 Å². The predicted octanol–water partition coefficient (Wildman–Crippen LogP) is 1.29. The summed E-state index contributed by atoms with van der Waals surface area (Å²) >= 11 is 0. The summed E-state index contributed by atoms with van der Waals surface area (Å²) in [5.41, 5.74) is 0. The zero-order valence-corrected chi connectivity index (χ0v) is 4.22. The molecule has 39 valence electrons. The molecular formula is C4H6CuO. The number of hydrogen-bond acceptors (Lipinski definition) is 1. The van der Waals surface area contributed by atoms with Crippen molar-refractivity contribution in [3.05, 3.63) is 25.7 Å². The van der Waals surface area contributed by atoms with Crippen LogP contribution < -0.4 is 0 Å². The molecule has 0 atom stereocenters. The summed E-state index contributed by atoms with van der Waals surface area (Å²) in [4.78, 5) is 0. The Labute approximate surface area is 48.2 Å². The van der Waals surface area contributed by atoms with Gasteiger partial charge in [-0.15, -0.1) is 0 Å². The fourth-order valence-electron chi connectivity index (χ4n) is 0.0680. The van der Waals surface area contributed by atoms with Crippen LogP contribution in [-0.2, 0) is 21.8 Å². The van der Waals surface area contributed by atoms with Crippen LogP contribution >= 0.6 is 0 Å². The third-order valence-electron chi connectivity index (χ3n) is 0.192. The molecule has 0 unspecified atom stereocenters. The largest absolute Gasteiger partial charge is 0.474 e. The molecule has 0 aromatic rings. The van der Waals surface area contributed by atoms with E-state index >= 15 is 0 Å². The Kier molecular flexibility index (Phi) is 13.6. The molecule has 0 amide bonds. The van der Waals surface area contributed by atoms with Crippen LogP contribution in [0.5, 0.6) is 0 Å². The molecule has 0 rings (SSSR count). The van der Waals surface area contributed by atoms with Gasteiger partial charge in [0, 0.05) is 17.1 Å². The van der Waals surface area contributed by atoms with Gasteiger partial charge in [0.05, 0.1) is 12.5 Å². The van der Waals surface area contributed by atoms with Gasteiger partial charge in [0.2, 0.25) is 0 Å². The Morgan fingerprint density at radius 1 is 1.17 bits per heavy atom. The standard InChI is InChI=1S/C4H6O.Cu/c1-3-5-4-2;/h3-4H,1-2H2;. The fourth-order valence-corrected chi connectivity index (χ4v) is 0.0680. The zero-order chi connectivity index (χ0) is 4.12. The second-order valence-corrected chi connectivity index (χ2v) is 0.469. The van der Waals surface area contributed by atoms with E-state index in [1.807, 2.05) is 0 Å². The van der Waals surface area contributed by atoms with E-state index in [2.05, 4.69) is 17.9 Å². The normalized spacial score (nSPS) is 4.67. The molecule has 0 bridgehead atoms. The number of ether oxygens (including phenoxy) is 1. The summed E-state index contributed by atoms with van der Waals surface area (Å²) in [5.74, 6) is 0. The van der Waals surface area contributed by atoms with Gasteiger partial charge in [-0.05, 0) is 0 Å². The maximum Gasteiger partial charge on any atom is 0.0829 e. The van der Waals surface area contributed by atoms with Gasteiger partial charge in [0.15, 0.2) is 0 Å². The molecule has 0 aliphatic carbocycles. The monoisotopic (exact) mass is 133 g/mol. The minimum atomic E-state index is 0. The van der Waals surface area contributed by atoms with Crippen LogP contribution in [0.15, 0.2) is 25.7 Å². The molecule has 0 aliphatic rings. The molecule has 6 heavy (non-hydrogen) atoms. The Morgan fingerprint density at radius 3 is 1.50 bits per heavy atom. The van der Waals surface area contributed by atoms with Crippen LogP contribution in [0.1, 0.15) is 0 Å². The summed E-state index contributed by atoms with van der Waals surface area (Å²) in [7, 11) is 0. The second kappa shape index (κ2) is 8.84. The minimum Gasteiger partial charge on any atom is -0.474 e. The van der Waals surface area contributed by atoms with Crippen molar-refractivity contribution in [3.63, 3.8) is 0 Å². The molecule has 0 aliphatic heterocycles. The van der Waals surface area contributed by atoms with Crippen molar-refractivity contribution >= 4 is 0 Å². The first-order chi connectivity index (χ1) is 2.41. The molecule has 1 radical (unpaired) electrons. The van der Waals surface area contributed by atoms with Gasteiger partial charge in [0.25, 0.3) is 0 Å². The van der Waals surface area contributed by atoms with E-state index in [1.165, 1.54) is 12.5 Å². The Balaban J connectivity index is 0. The first kappa shape index (κ1) is 9.25. The van der Waals surface area contributed by atoms with E-state index in [4.69, 9.17) is 0 Å². The molecular weight excluding hydrogens is 128 g/mol. The van der Waals surface area contributed by atoms with E-state index in [9.17, 15) is 0 Å². The summed E-state index contributed by atoms with van der Waals surface area (Å²) in [6.07, 6.45) is 2.62. The zero-order valence-electron chi connectivity index (χ0n) is 3.28. The van der Waals surface area contributed by atoms with Crippen molar-refractivity contribution in [1.29, 1.82) is 0 Å². The van der Waals surface area contributed by atoms with E-state index in [0.717, 1.165) is 0 Å². The molecule has 2 heteroatoms. The first-order valence-electron chi connectivity index (χ1n) is 1.29. The molecule has 0 heterocycles. The van der Waals surface area contributed by atoms with Crippen LogP contribution in [0.25, 0.3) is 0 Å². The van der Waals surface area contributed by atoms with Crippen molar-refractivity contribution in [1.82, 2.24) is 0 Å². The number of hydrogen-bond donors (Lipinski definition) is 0. The SMILES string of the molecule is C=COC=C.[Cu]. The van der Waals surface area contributed by atoms with E-state index in [-0.39, 0.29) is 17.1 Å². The van der Waals surface area contributed by atoms with Gasteiger partial charge in [-0.1, -0.05) is 13.2 Å². The van der Waals surface area contributed by atoms with Gasteiger partial charge >= 0.3 is 0 Å². The predicted molar refractivity (Wildman–Crippen MR) is 21.5 cm³/mol. The average molecular weight is 134 g/mol. The summed E-state index contributed by atoms with van der Waals surface area (Å²) in [5, 5.41) is 0. The second-order valence-electron chi connectivity index (χ2n) is 0.469. The smallest absolute Gasteiger partial charge is 0.0829 e. The van der Waals surface area contributed by atoms with Crippen LogP contribution in [-0.4, -0.2) is 0 Å². The Hall–Kier alpha value is -0.201. The summed E-state index contributed by atoms with van der Waals surface area (Å²) < 4.78 is 4.36. The molecule has 1 nitrogen and oxygen atoms in total. The average Bonchev–Trinajstić information content (AvgIpc) is 1.41. The summed E-state index contributed by atoms with van der Waals surface area (Å²) in [6, 6.07) is 0. The van der Waals surface area contributed by atoms with Crippen LogP contribution in [0, 0.1) is 0 Å². The van der Waals surface area contributed by atoms with Crippen molar-refractivity contribution in [2.75, 3.05) is 0 Å². The Bertz CT molecular complexity index is 36.8. The van der Waals surface area contributed by atoms with Gasteiger partial charge in [-0.2, -0.15) is 0 Å². The molecule has 0 fully saturated rings. The minimum absolute atomic E-state index is 0. The van der Waals surface area contributed by atoms with Crippen LogP contribution in [0.4, 0.5) is 0 Å². The topological polar surface area (TPSA) is 9.23 Å². The molecule has 0 N–H and O–H groups in total. The van der Waals surface area contributed by atoms with Crippen LogP contribution in [0.2, 0.25) is 0 Å². The van der Waals surface area contributed by atoms with E-state index in [1.54, 1.807) is 0 Å². The van der Waals surface area contributed by atoms with Crippen molar-refractivity contribution in [2.45, 2.75) is 0 Å². The van der Waals surface area contributed by atoms with Gasteiger partial charge in [-0.3, -0.25) is 0 Å².